The van der Waals surface area contributed by atoms with Crippen molar-refractivity contribution < 1.29 is 9.18 Å². The van der Waals surface area contributed by atoms with Gasteiger partial charge in [-0.2, -0.15) is 0 Å². The number of Topliss-reactive ketones (excluding diaryl/α,β-unsaturated/α-hetero) is 1. The first-order valence-electron chi connectivity index (χ1n) is 5.49. The Morgan fingerprint density at radius 2 is 2.00 bits per heavy atom. The van der Waals surface area contributed by atoms with Gasteiger partial charge in [-0.15, -0.1) is 0 Å². The minimum Gasteiger partial charge on any atom is -0.398 e. The number of benzene rings is 2. The summed E-state index contributed by atoms with van der Waals surface area (Å²) in [4.78, 5) is 12.1. The number of ketones is 1. The van der Waals surface area contributed by atoms with E-state index in [1.165, 1.54) is 18.2 Å². The van der Waals surface area contributed by atoms with Crippen molar-refractivity contribution in [2.24, 2.45) is 0 Å². The normalized spacial score (nSPS) is 10.5. The largest absolute Gasteiger partial charge is 0.398 e. The maximum absolute atomic E-state index is 13.2. The van der Waals surface area contributed by atoms with E-state index in [0.717, 1.165) is 0 Å². The molecule has 0 spiro atoms. The summed E-state index contributed by atoms with van der Waals surface area (Å²) < 4.78 is 13.8. The molecule has 2 N–H and O–H groups in total. The molecule has 0 saturated carbocycles. The van der Waals surface area contributed by atoms with E-state index in [1.54, 1.807) is 18.2 Å². The zero-order chi connectivity index (χ0) is 14.0. The Hall–Kier alpha value is -1.39. The summed E-state index contributed by atoms with van der Waals surface area (Å²) in [5, 5.41) is 0.339. The van der Waals surface area contributed by atoms with Gasteiger partial charge in [0, 0.05) is 16.5 Å². The number of carbonyl (C=O) groups excluding carboxylic acids is 1. The molecule has 98 valence electrons. The second kappa shape index (κ2) is 5.72. The van der Waals surface area contributed by atoms with Crippen LogP contribution < -0.4 is 5.73 Å². The minimum absolute atomic E-state index is 0.108. The number of rotatable bonds is 3. The second-order valence-electron chi connectivity index (χ2n) is 4.11. The molecule has 0 aliphatic rings. The first-order chi connectivity index (χ1) is 8.95. The first-order valence-corrected chi connectivity index (χ1v) is 6.66. The van der Waals surface area contributed by atoms with Crippen LogP contribution in [0, 0.1) is 5.82 Å². The van der Waals surface area contributed by atoms with Crippen molar-refractivity contribution in [1.29, 1.82) is 0 Å². The molecule has 0 atom stereocenters. The average molecular weight is 343 g/mol. The highest BCUT2D eigenvalue weighted by Gasteiger charge is 2.10. The van der Waals surface area contributed by atoms with Gasteiger partial charge in [0.2, 0.25) is 0 Å². The molecule has 0 aliphatic heterocycles. The van der Waals surface area contributed by atoms with Crippen molar-refractivity contribution in [3.05, 3.63) is 62.8 Å². The number of hydrogen-bond donors (Lipinski definition) is 1. The van der Waals surface area contributed by atoms with Crippen LogP contribution in [-0.2, 0) is 6.42 Å². The third-order valence-corrected chi connectivity index (χ3v) is 3.39. The Morgan fingerprint density at radius 1 is 1.26 bits per heavy atom. The Kier molecular flexibility index (Phi) is 4.22. The predicted octanol–water partition coefficient (Wildman–Crippen LogP) is 4.25. The van der Waals surface area contributed by atoms with E-state index < -0.39 is 0 Å². The second-order valence-corrected chi connectivity index (χ2v) is 5.44. The molecule has 2 aromatic rings. The third kappa shape index (κ3) is 3.55. The summed E-state index contributed by atoms with van der Waals surface area (Å²) in [7, 11) is 0. The van der Waals surface area contributed by atoms with E-state index in [9.17, 15) is 9.18 Å². The lowest BCUT2D eigenvalue weighted by Gasteiger charge is -2.05. The minimum atomic E-state index is -0.382. The number of nitrogen functional groups attached to an aromatic ring is 1. The van der Waals surface area contributed by atoms with Gasteiger partial charge in [-0.1, -0.05) is 27.5 Å². The van der Waals surface area contributed by atoms with Crippen molar-refractivity contribution in [3.8, 4) is 0 Å². The fraction of sp³-hybridized carbons (Fsp3) is 0.0714. The molecular weight excluding hydrogens is 333 g/mol. The molecular formula is C14H10BrClFNO. The van der Waals surface area contributed by atoms with Crippen LogP contribution in [0.2, 0.25) is 5.02 Å². The van der Waals surface area contributed by atoms with Gasteiger partial charge in [0.25, 0.3) is 0 Å². The highest BCUT2D eigenvalue weighted by molar-refractivity contribution is 9.10. The van der Waals surface area contributed by atoms with E-state index >= 15 is 0 Å². The monoisotopic (exact) mass is 341 g/mol. The molecule has 0 radical (unpaired) electrons. The van der Waals surface area contributed by atoms with Gasteiger partial charge >= 0.3 is 0 Å². The average Bonchev–Trinajstić information content (AvgIpc) is 2.31. The molecule has 0 aliphatic carbocycles. The van der Waals surface area contributed by atoms with Gasteiger partial charge in [-0.3, -0.25) is 4.79 Å². The van der Waals surface area contributed by atoms with E-state index in [-0.39, 0.29) is 18.0 Å². The Balaban J connectivity index is 2.22. The summed E-state index contributed by atoms with van der Waals surface area (Å²) in [5.41, 5.74) is 7.06. The standard InChI is InChI=1S/C14H10BrClFNO/c15-10-3-8(4-11(17)7-10)5-14(19)9-1-2-13(18)12(16)6-9/h1-4,6-7H,5,18H2. The summed E-state index contributed by atoms with van der Waals surface area (Å²) in [6.45, 7) is 0. The van der Waals surface area contributed by atoms with Crippen molar-refractivity contribution in [2.75, 3.05) is 5.73 Å². The summed E-state index contributed by atoms with van der Waals surface area (Å²) in [6, 6.07) is 9.10. The first kappa shape index (κ1) is 14.0. The maximum atomic E-state index is 13.2. The Bertz CT molecular complexity index is 625. The maximum Gasteiger partial charge on any atom is 0.167 e. The molecule has 5 heteroatoms. The van der Waals surface area contributed by atoms with Gasteiger partial charge < -0.3 is 5.73 Å². The molecule has 0 saturated heterocycles. The Morgan fingerprint density at radius 3 is 2.63 bits per heavy atom. The Labute approximate surface area is 123 Å². The van der Waals surface area contributed by atoms with Gasteiger partial charge in [-0.25, -0.2) is 4.39 Å². The van der Waals surface area contributed by atoms with Crippen molar-refractivity contribution >= 4 is 39.0 Å². The molecule has 19 heavy (non-hydrogen) atoms. The summed E-state index contributed by atoms with van der Waals surface area (Å²) >= 11 is 9.06. The zero-order valence-electron chi connectivity index (χ0n) is 9.79. The molecule has 0 unspecified atom stereocenters. The van der Waals surface area contributed by atoms with Crippen LogP contribution in [0.1, 0.15) is 15.9 Å². The van der Waals surface area contributed by atoms with Gasteiger partial charge in [-0.05, 0) is 42.0 Å². The van der Waals surface area contributed by atoms with Crippen molar-refractivity contribution in [1.82, 2.24) is 0 Å². The predicted molar refractivity (Wildman–Crippen MR) is 78.0 cm³/mol. The fourth-order valence-electron chi connectivity index (χ4n) is 1.70. The molecule has 2 nitrogen and oxygen atoms in total. The number of carbonyl (C=O) groups is 1. The smallest absolute Gasteiger partial charge is 0.167 e. The van der Waals surface area contributed by atoms with Crippen LogP contribution in [0.15, 0.2) is 40.9 Å². The van der Waals surface area contributed by atoms with Gasteiger partial charge in [0.15, 0.2) is 5.78 Å². The lowest BCUT2D eigenvalue weighted by molar-refractivity contribution is 0.0993. The van der Waals surface area contributed by atoms with E-state index in [0.29, 0.717) is 26.3 Å². The van der Waals surface area contributed by atoms with Crippen molar-refractivity contribution in [2.45, 2.75) is 6.42 Å². The lowest BCUT2D eigenvalue weighted by atomic mass is 10.0. The molecule has 0 heterocycles. The number of nitrogens with two attached hydrogens (primary N) is 1. The molecule has 0 aromatic heterocycles. The molecule has 2 aromatic carbocycles. The zero-order valence-corrected chi connectivity index (χ0v) is 12.1. The third-order valence-electron chi connectivity index (χ3n) is 2.61. The molecule has 0 fully saturated rings. The van der Waals surface area contributed by atoms with Crippen LogP contribution in [0.4, 0.5) is 10.1 Å². The fourth-order valence-corrected chi connectivity index (χ4v) is 2.39. The van der Waals surface area contributed by atoms with Crippen LogP contribution in [0.25, 0.3) is 0 Å². The van der Waals surface area contributed by atoms with Gasteiger partial charge in [0.1, 0.15) is 5.82 Å². The summed E-state index contributed by atoms with van der Waals surface area (Å²) in [6.07, 6.45) is 0.108. The van der Waals surface area contributed by atoms with Crippen LogP contribution in [-0.4, -0.2) is 5.78 Å². The van der Waals surface area contributed by atoms with E-state index in [2.05, 4.69) is 15.9 Å². The molecule has 0 bridgehead atoms. The van der Waals surface area contributed by atoms with Crippen LogP contribution >= 0.6 is 27.5 Å². The topological polar surface area (TPSA) is 43.1 Å². The lowest BCUT2D eigenvalue weighted by Crippen LogP contribution is -2.04. The molecule has 0 amide bonds. The highest BCUT2D eigenvalue weighted by atomic mass is 79.9. The van der Waals surface area contributed by atoms with Crippen LogP contribution in [0.5, 0.6) is 0 Å². The van der Waals surface area contributed by atoms with E-state index in [4.69, 9.17) is 17.3 Å². The van der Waals surface area contributed by atoms with Crippen LogP contribution in [0.3, 0.4) is 0 Å². The van der Waals surface area contributed by atoms with Gasteiger partial charge in [0.05, 0.1) is 10.7 Å². The summed E-state index contributed by atoms with van der Waals surface area (Å²) in [5.74, 6) is -0.521. The number of anilines is 1. The SMILES string of the molecule is Nc1ccc(C(=O)Cc2cc(F)cc(Br)c2)cc1Cl. The quantitative estimate of drug-likeness (QED) is 0.669. The van der Waals surface area contributed by atoms with E-state index in [1.807, 2.05) is 0 Å². The number of halogens is 3. The number of hydrogen-bond acceptors (Lipinski definition) is 2. The molecule has 2 rings (SSSR count). The highest BCUT2D eigenvalue weighted by Crippen LogP contribution is 2.21. The van der Waals surface area contributed by atoms with Crippen molar-refractivity contribution in [3.63, 3.8) is 0 Å².